The van der Waals surface area contributed by atoms with Crippen molar-refractivity contribution in [3.63, 3.8) is 0 Å². The molecular formula is C18H26N2O. The van der Waals surface area contributed by atoms with Gasteiger partial charge in [0.15, 0.2) is 0 Å². The Balaban J connectivity index is 1.75. The van der Waals surface area contributed by atoms with Crippen LogP contribution in [0, 0.1) is 0 Å². The van der Waals surface area contributed by atoms with E-state index in [2.05, 4.69) is 44.3 Å². The van der Waals surface area contributed by atoms with Gasteiger partial charge < -0.3 is 10.2 Å². The standard InChI is InChI=1S/C18H26N2O/c1-18(2,3)14-6-7-16-13(11-14)8-10-20(16)17(21)12-15-5-4-9-19-15/h6-7,11,15,19H,4-5,8-10,12H2,1-3H3. The predicted octanol–water partition coefficient (Wildman–Crippen LogP) is 3.02. The minimum absolute atomic E-state index is 0.167. The largest absolute Gasteiger partial charge is 0.313 e. The summed E-state index contributed by atoms with van der Waals surface area (Å²) in [6.07, 6.45) is 3.96. The summed E-state index contributed by atoms with van der Waals surface area (Å²) in [5.41, 5.74) is 3.98. The van der Waals surface area contributed by atoms with Crippen molar-refractivity contribution >= 4 is 11.6 Å². The number of anilines is 1. The van der Waals surface area contributed by atoms with Crippen LogP contribution < -0.4 is 10.2 Å². The van der Waals surface area contributed by atoms with Crippen LogP contribution in [0.1, 0.15) is 51.2 Å². The second-order valence-electron chi connectivity index (χ2n) is 7.39. The molecule has 1 aromatic carbocycles. The molecule has 1 N–H and O–H groups in total. The number of rotatable bonds is 2. The van der Waals surface area contributed by atoms with Crippen LogP contribution in [0.15, 0.2) is 18.2 Å². The number of amides is 1. The highest BCUT2D eigenvalue weighted by molar-refractivity contribution is 5.95. The molecule has 0 radical (unpaired) electrons. The lowest BCUT2D eigenvalue weighted by atomic mass is 9.86. The first kappa shape index (κ1) is 14.6. The summed E-state index contributed by atoms with van der Waals surface area (Å²) in [5.74, 6) is 0.275. The summed E-state index contributed by atoms with van der Waals surface area (Å²) in [6.45, 7) is 8.60. The Morgan fingerprint density at radius 3 is 2.86 bits per heavy atom. The molecule has 1 amide bonds. The van der Waals surface area contributed by atoms with E-state index in [9.17, 15) is 4.79 Å². The van der Waals surface area contributed by atoms with E-state index in [0.717, 1.165) is 31.6 Å². The molecule has 3 rings (SSSR count). The van der Waals surface area contributed by atoms with E-state index in [1.807, 2.05) is 4.90 Å². The van der Waals surface area contributed by atoms with Gasteiger partial charge in [-0.25, -0.2) is 0 Å². The van der Waals surface area contributed by atoms with E-state index in [1.54, 1.807) is 0 Å². The quantitative estimate of drug-likeness (QED) is 0.906. The number of carbonyl (C=O) groups excluding carboxylic acids is 1. The highest BCUT2D eigenvalue weighted by Gasteiger charge is 2.28. The van der Waals surface area contributed by atoms with Gasteiger partial charge in [-0.05, 0) is 48.4 Å². The van der Waals surface area contributed by atoms with Crippen LogP contribution in [0.2, 0.25) is 0 Å². The summed E-state index contributed by atoms with van der Waals surface area (Å²) in [4.78, 5) is 14.5. The zero-order valence-electron chi connectivity index (χ0n) is 13.4. The highest BCUT2D eigenvalue weighted by Crippen LogP contribution is 2.33. The van der Waals surface area contributed by atoms with Crippen molar-refractivity contribution in [2.45, 2.75) is 57.9 Å². The zero-order valence-corrected chi connectivity index (χ0v) is 13.4. The fraction of sp³-hybridized carbons (Fsp3) is 0.611. The van der Waals surface area contributed by atoms with Crippen LogP contribution >= 0.6 is 0 Å². The Labute approximate surface area is 127 Å². The lowest BCUT2D eigenvalue weighted by Gasteiger charge is -2.22. The van der Waals surface area contributed by atoms with Crippen LogP contribution in [0.25, 0.3) is 0 Å². The lowest BCUT2D eigenvalue weighted by molar-refractivity contribution is -0.118. The van der Waals surface area contributed by atoms with Crippen LogP contribution in [-0.2, 0) is 16.6 Å². The number of carbonyl (C=O) groups is 1. The summed E-state index contributed by atoms with van der Waals surface area (Å²) in [7, 11) is 0. The van der Waals surface area contributed by atoms with Crippen molar-refractivity contribution < 1.29 is 4.79 Å². The number of hydrogen-bond donors (Lipinski definition) is 1. The van der Waals surface area contributed by atoms with E-state index >= 15 is 0 Å². The molecule has 1 atom stereocenters. The molecule has 1 fully saturated rings. The van der Waals surface area contributed by atoms with Gasteiger partial charge in [-0.1, -0.05) is 32.9 Å². The predicted molar refractivity (Wildman–Crippen MR) is 86.8 cm³/mol. The van der Waals surface area contributed by atoms with E-state index in [1.165, 1.54) is 17.5 Å². The maximum atomic E-state index is 12.5. The third-order valence-corrected chi connectivity index (χ3v) is 4.73. The summed E-state index contributed by atoms with van der Waals surface area (Å²) in [6, 6.07) is 6.99. The topological polar surface area (TPSA) is 32.3 Å². The molecule has 0 saturated carbocycles. The number of benzene rings is 1. The summed E-state index contributed by atoms with van der Waals surface area (Å²) in [5, 5.41) is 3.42. The van der Waals surface area contributed by atoms with Crippen molar-refractivity contribution in [3.05, 3.63) is 29.3 Å². The summed E-state index contributed by atoms with van der Waals surface area (Å²) >= 11 is 0. The van der Waals surface area contributed by atoms with Crippen molar-refractivity contribution in [3.8, 4) is 0 Å². The van der Waals surface area contributed by atoms with Gasteiger partial charge in [0, 0.05) is 24.7 Å². The van der Waals surface area contributed by atoms with E-state index < -0.39 is 0 Å². The molecule has 3 heteroatoms. The molecule has 3 nitrogen and oxygen atoms in total. The van der Waals surface area contributed by atoms with Gasteiger partial charge in [-0.15, -0.1) is 0 Å². The minimum Gasteiger partial charge on any atom is -0.313 e. The first-order valence-corrected chi connectivity index (χ1v) is 8.12. The van der Waals surface area contributed by atoms with E-state index in [0.29, 0.717) is 12.5 Å². The number of nitrogens with zero attached hydrogens (tertiary/aromatic N) is 1. The SMILES string of the molecule is CC(C)(C)c1ccc2c(c1)CCN2C(=O)CC1CCCN1. The third kappa shape index (κ3) is 2.98. The highest BCUT2D eigenvalue weighted by atomic mass is 16.2. The van der Waals surface area contributed by atoms with Gasteiger partial charge in [0.2, 0.25) is 5.91 Å². The molecule has 0 aromatic heterocycles. The second-order valence-corrected chi connectivity index (χ2v) is 7.39. The fourth-order valence-electron chi connectivity index (χ4n) is 3.38. The Hall–Kier alpha value is -1.35. The Morgan fingerprint density at radius 1 is 1.38 bits per heavy atom. The van der Waals surface area contributed by atoms with Crippen molar-refractivity contribution in [1.29, 1.82) is 0 Å². The number of nitrogens with one attached hydrogen (secondary N) is 1. The molecule has 2 heterocycles. The number of fused-ring (bicyclic) bond motifs is 1. The Morgan fingerprint density at radius 2 is 2.19 bits per heavy atom. The molecule has 0 bridgehead atoms. The molecule has 2 aliphatic rings. The smallest absolute Gasteiger partial charge is 0.228 e. The van der Waals surface area contributed by atoms with Crippen LogP contribution in [-0.4, -0.2) is 25.0 Å². The van der Waals surface area contributed by atoms with E-state index in [4.69, 9.17) is 0 Å². The molecule has 0 spiro atoms. The molecule has 2 aliphatic heterocycles. The summed E-state index contributed by atoms with van der Waals surface area (Å²) < 4.78 is 0. The van der Waals surface area contributed by atoms with Gasteiger partial charge in [-0.2, -0.15) is 0 Å². The first-order chi connectivity index (χ1) is 9.95. The van der Waals surface area contributed by atoms with Crippen LogP contribution in [0.3, 0.4) is 0 Å². The van der Waals surface area contributed by atoms with Crippen molar-refractivity contribution in [2.75, 3.05) is 18.0 Å². The van der Waals surface area contributed by atoms with Gasteiger partial charge in [0.1, 0.15) is 0 Å². The maximum Gasteiger partial charge on any atom is 0.228 e. The van der Waals surface area contributed by atoms with Gasteiger partial charge >= 0.3 is 0 Å². The minimum atomic E-state index is 0.167. The molecule has 1 saturated heterocycles. The van der Waals surface area contributed by atoms with Gasteiger partial charge in [0.25, 0.3) is 0 Å². The monoisotopic (exact) mass is 286 g/mol. The molecular weight excluding hydrogens is 260 g/mol. The second kappa shape index (κ2) is 5.45. The number of hydrogen-bond acceptors (Lipinski definition) is 2. The fourth-order valence-corrected chi connectivity index (χ4v) is 3.38. The molecule has 1 unspecified atom stereocenters. The van der Waals surface area contributed by atoms with Crippen molar-refractivity contribution in [2.24, 2.45) is 0 Å². The van der Waals surface area contributed by atoms with Crippen molar-refractivity contribution in [1.82, 2.24) is 5.32 Å². The third-order valence-electron chi connectivity index (χ3n) is 4.73. The van der Waals surface area contributed by atoms with Gasteiger partial charge in [-0.3, -0.25) is 4.79 Å². The molecule has 1 aromatic rings. The normalized spacial score (nSPS) is 21.7. The van der Waals surface area contributed by atoms with E-state index in [-0.39, 0.29) is 11.3 Å². The first-order valence-electron chi connectivity index (χ1n) is 8.12. The molecule has 0 aliphatic carbocycles. The van der Waals surface area contributed by atoms with Crippen LogP contribution in [0.5, 0.6) is 0 Å². The molecule has 21 heavy (non-hydrogen) atoms. The lowest BCUT2D eigenvalue weighted by Crippen LogP contribution is -2.34. The Kier molecular flexibility index (Phi) is 3.78. The van der Waals surface area contributed by atoms with Gasteiger partial charge in [0.05, 0.1) is 0 Å². The average molecular weight is 286 g/mol. The maximum absolute atomic E-state index is 12.5. The molecule has 114 valence electrons. The average Bonchev–Trinajstić information content (AvgIpc) is 3.05. The zero-order chi connectivity index (χ0) is 15.0. The Bertz CT molecular complexity index is 539. The van der Waals surface area contributed by atoms with Crippen LogP contribution in [0.4, 0.5) is 5.69 Å².